The van der Waals surface area contributed by atoms with Crippen molar-refractivity contribution in [2.45, 2.75) is 71.6 Å². The number of carboxylic acids is 1. The fourth-order valence-electron chi connectivity index (χ4n) is 3.11. The third kappa shape index (κ3) is 9.48. The maximum absolute atomic E-state index is 13.0. The number of nitrogens with one attached hydrogen (secondary N) is 3. The molecule has 0 saturated carbocycles. The van der Waals surface area contributed by atoms with E-state index in [1.54, 1.807) is 26.0 Å². The molecule has 33 heavy (non-hydrogen) atoms. The van der Waals surface area contributed by atoms with E-state index in [9.17, 15) is 24.3 Å². The molecule has 0 spiro atoms. The van der Waals surface area contributed by atoms with E-state index in [-0.39, 0.29) is 24.0 Å². The highest BCUT2D eigenvalue weighted by Crippen LogP contribution is 2.12. The van der Waals surface area contributed by atoms with Gasteiger partial charge < -0.3 is 31.9 Å². The lowest BCUT2D eigenvalue weighted by Gasteiger charge is -2.27. The van der Waals surface area contributed by atoms with Gasteiger partial charge in [-0.1, -0.05) is 39.8 Å². The number of rotatable bonds is 12. The van der Waals surface area contributed by atoms with Crippen LogP contribution < -0.4 is 21.7 Å². The van der Waals surface area contributed by atoms with Crippen molar-refractivity contribution in [3.8, 4) is 5.75 Å². The molecular weight excluding hydrogens is 428 g/mol. The van der Waals surface area contributed by atoms with Crippen LogP contribution in [0.1, 0.15) is 46.6 Å². The van der Waals surface area contributed by atoms with Gasteiger partial charge in [0.1, 0.15) is 23.9 Å². The molecule has 1 rings (SSSR count). The third-order valence-electron chi connectivity index (χ3n) is 5.04. The molecule has 10 nitrogen and oxygen atoms in total. The van der Waals surface area contributed by atoms with E-state index in [1.807, 2.05) is 13.8 Å². The van der Waals surface area contributed by atoms with E-state index >= 15 is 0 Å². The summed E-state index contributed by atoms with van der Waals surface area (Å²) < 4.78 is 0. The smallest absolute Gasteiger partial charge is 0.325 e. The minimum absolute atomic E-state index is 0.0482. The number of phenols is 1. The molecule has 7 N–H and O–H groups in total. The van der Waals surface area contributed by atoms with Crippen LogP contribution in [0.2, 0.25) is 0 Å². The highest BCUT2D eigenvalue weighted by Gasteiger charge is 2.31. The maximum Gasteiger partial charge on any atom is 0.325 e. The number of carboxylic acid groups (broad SMARTS) is 1. The number of amides is 3. The summed E-state index contributed by atoms with van der Waals surface area (Å²) in [4.78, 5) is 49.2. The third-order valence-corrected chi connectivity index (χ3v) is 5.04. The van der Waals surface area contributed by atoms with E-state index in [2.05, 4.69) is 16.0 Å². The zero-order valence-electron chi connectivity index (χ0n) is 19.8. The molecule has 4 unspecified atom stereocenters. The number of aromatic hydroxyl groups is 1. The van der Waals surface area contributed by atoms with Gasteiger partial charge in [0.25, 0.3) is 0 Å². The van der Waals surface area contributed by atoms with Crippen LogP contribution in [0.3, 0.4) is 0 Å². The van der Waals surface area contributed by atoms with E-state index in [0.29, 0.717) is 6.42 Å². The summed E-state index contributed by atoms with van der Waals surface area (Å²) in [5, 5.41) is 26.1. The van der Waals surface area contributed by atoms with Crippen LogP contribution >= 0.6 is 0 Å². The van der Waals surface area contributed by atoms with Gasteiger partial charge in [0, 0.05) is 0 Å². The predicted octanol–water partition coefficient (Wildman–Crippen LogP) is 0.523. The van der Waals surface area contributed by atoms with Gasteiger partial charge in [-0.3, -0.25) is 19.2 Å². The molecule has 0 heterocycles. The van der Waals surface area contributed by atoms with Gasteiger partial charge in [-0.2, -0.15) is 0 Å². The molecular formula is C23H36N4O6. The molecule has 0 bridgehead atoms. The summed E-state index contributed by atoms with van der Waals surface area (Å²) in [7, 11) is 0. The van der Waals surface area contributed by atoms with Crippen molar-refractivity contribution in [3.63, 3.8) is 0 Å². The summed E-state index contributed by atoms with van der Waals surface area (Å²) in [6.45, 7) is 8.58. The molecule has 0 radical (unpaired) electrons. The molecule has 0 aromatic heterocycles. The van der Waals surface area contributed by atoms with E-state index in [4.69, 9.17) is 10.8 Å². The predicted molar refractivity (Wildman–Crippen MR) is 123 cm³/mol. The SMILES string of the molecule is CC(C)CC(NC(=O)C(NC(=O)C(N)Cc1ccc(O)cc1)C(C)C)C(=O)NC(C)C(=O)O. The minimum Gasteiger partial charge on any atom is -0.508 e. The molecule has 184 valence electrons. The van der Waals surface area contributed by atoms with E-state index in [0.717, 1.165) is 5.56 Å². The highest BCUT2D eigenvalue weighted by molar-refractivity contribution is 5.94. The summed E-state index contributed by atoms with van der Waals surface area (Å²) in [5.74, 6) is -3.02. The number of aliphatic carboxylic acids is 1. The fourth-order valence-corrected chi connectivity index (χ4v) is 3.11. The van der Waals surface area contributed by atoms with Crippen molar-refractivity contribution < 1.29 is 29.4 Å². The Labute approximate surface area is 194 Å². The van der Waals surface area contributed by atoms with Crippen molar-refractivity contribution in [3.05, 3.63) is 29.8 Å². The molecule has 0 saturated heterocycles. The molecule has 3 amide bonds. The maximum atomic E-state index is 13.0. The van der Waals surface area contributed by atoms with Crippen LogP contribution in [-0.2, 0) is 25.6 Å². The molecule has 0 aliphatic carbocycles. The molecule has 4 atom stereocenters. The Morgan fingerprint density at radius 3 is 1.94 bits per heavy atom. The Balaban J connectivity index is 2.86. The Morgan fingerprint density at radius 1 is 0.879 bits per heavy atom. The van der Waals surface area contributed by atoms with Crippen LogP contribution in [-0.4, -0.2) is 58.1 Å². The molecule has 1 aromatic carbocycles. The normalized spacial score (nSPS) is 14.8. The van der Waals surface area contributed by atoms with Crippen molar-refractivity contribution in [2.24, 2.45) is 17.6 Å². The number of benzene rings is 1. The zero-order valence-corrected chi connectivity index (χ0v) is 19.8. The van der Waals surface area contributed by atoms with Crippen LogP contribution in [0.15, 0.2) is 24.3 Å². The Kier molecular flexibility index (Phi) is 10.8. The second kappa shape index (κ2) is 12.8. The van der Waals surface area contributed by atoms with Crippen molar-refractivity contribution in [1.29, 1.82) is 0 Å². The van der Waals surface area contributed by atoms with Crippen molar-refractivity contribution in [1.82, 2.24) is 16.0 Å². The monoisotopic (exact) mass is 464 g/mol. The number of nitrogens with two attached hydrogens (primary N) is 1. The fraction of sp³-hybridized carbons (Fsp3) is 0.565. The Morgan fingerprint density at radius 2 is 1.45 bits per heavy atom. The molecule has 10 heteroatoms. The van der Waals surface area contributed by atoms with E-state index in [1.165, 1.54) is 19.1 Å². The lowest BCUT2D eigenvalue weighted by molar-refractivity contribution is -0.142. The Bertz CT molecular complexity index is 825. The minimum atomic E-state index is -1.19. The first-order chi connectivity index (χ1) is 15.3. The average molecular weight is 465 g/mol. The molecule has 0 aliphatic rings. The molecule has 0 aliphatic heterocycles. The van der Waals surface area contributed by atoms with Gasteiger partial charge in [0.2, 0.25) is 17.7 Å². The van der Waals surface area contributed by atoms with Crippen LogP contribution in [0.25, 0.3) is 0 Å². The largest absolute Gasteiger partial charge is 0.508 e. The summed E-state index contributed by atoms with van der Waals surface area (Å²) in [5.41, 5.74) is 6.76. The number of carbonyl (C=O) groups is 4. The first-order valence-corrected chi connectivity index (χ1v) is 11.0. The van der Waals surface area contributed by atoms with Gasteiger partial charge in [0.15, 0.2) is 0 Å². The van der Waals surface area contributed by atoms with Crippen LogP contribution in [0.4, 0.5) is 0 Å². The molecule has 1 aromatic rings. The van der Waals surface area contributed by atoms with Gasteiger partial charge in [-0.15, -0.1) is 0 Å². The highest BCUT2D eigenvalue weighted by atomic mass is 16.4. The first-order valence-electron chi connectivity index (χ1n) is 11.0. The summed E-state index contributed by atoms with van der Waals surface area (Å²) in [6.07, 6.45) is 0.507. The second-order valence-corrected chi connectivity index (χ2v) is 8.97. The van der Waals surface area contributed by atoms with Crippen molar-refractivity contribution in [2.75, 3.05) is 0 Å². The van der Waals surface area contributed by atoms with Gasteiger partial charge in [-0.25, -0.2) is 0 Å². The average Bonchev–Trinajstić information content (AvgIpc) is 2.71. The first kappa shape index (κ1) is 27.9. The van der Waals surface area contributed by atoms with Crippen molar-refractivity contribution >= 4 is 23.7 Å². The lowest BCUT2D eigenvalue weighted by atomic mass is 9.99. The number of phenolic OH excluding ortho intramolecular Hbond substituents is 1. The number of hydrogen-bond acceptors (Lipinski definition) is 6. The van der Waals surface area contributed by atoms with Crippen LogP contribution in [0, 0.1) is 11.8 Å². The van der Waals surface area contributed by atoms with Crippen LogP contribution in [0.5, 0.6) is 5.75 Å². The Hall–Kier alpha value is -3.14. The second-order valence-electron chi connectivity index (χ2n) is 8.97. The van der Waals surface area contributed by atoms with Gasteiger partial charge >= 0.3 is 5.97 Å². The lowest BCUT2D eigenvalue weighted by Crippen LogP contribution is -2.58. The summed E-state index contributed by atoms with van der Waals surface area (Å²) in [6, 6.07) is 2.37. The van der Waals surface area contributed by atoms with Gasteiger partial charge in [0.05, 0.1) is 6.04 Å². The zero-order chi connectivity index (χ0) is 25.3. The van der Waals surface area contributed by atoms with E-state index < -0.39 is 47.9 Å². The number of hydrogen-bond donors (Lipinski definition) is 6. The topological polar surface area (TPSA) is 171 Å². The number of carbonyl (C=O) groups excluding carboxylic acids is 3. The molecule has 0 fully saturated rings. The van der Waals surface area contributed by atoms with Gasteiger partial charge in [-0.05, 0) is 49.3 Å². The summed E-state index contributed by atoms with van der Waals surface area (Å²) >= 11 is 0. The quantitative estimate of drug-likeness (QED) is 0.262. The standard InChI is InChI=1S/C23H36N4O6/c1-12(2)10-18(21(30)25-14(5)23(32)33)26-22(31)19(13(3)4)27-20(29)17(24)11-15-6-8-16(28)9-7-15/h6-9,12-14,17-19,28H,10-11,24H2,1-5H3,(H,25,30)(H,26,31)(H,27,29)(H,32,33).